The fourth-order valence-electron chi connectivity index (χ4n) is 1.79. The normalized spacial score (nSPS) is 13.0. The molecule has 0 bridgehead atoms. The molecular weight excluding hydrogens is 238 g/mol. The van der Waals surface area contributed by atoms with Crippen LogP contribution >= 0.6 is 11.8 Å². The molecule has 18 heavy (non-hydrogen) atoms. The number of rotatable bonds is 7. The molecule has 0 saturated heterocycles. The van der Waals surface area contributed by atoms with Crippen LogP contribution in [0.15, 0.2) is 23.1 Å². The van der Waals surface area contributed by atoms with E-state index in [-0.39, 0.29) is 0 Å². The minimum atomic E-state index is 0.623. The molecule has 0 heterocycles. The average molecular weight is 265 g/mol. The summed E-state index contributed by atoms with van der Waals surface area (Å²) in [4.78, 5) is 1.42. The van der Waals surface area contributed by atoms with Crippen LogP contribution in [-0.4, -0.2) is 18.3 Å². The first kappa shape index (κ1) is 15.6. The summed E-state index contributed by atoms with van der Waals surface area (Å²) in [6.45, 7) is 13.4. The van der Waals surface area contributed by atoms with Crippen molar-refractivity contribution >= 4 is 11.8 Å². The monoisotopic (exact) mass is 265 g/mol. The molecule has 2 heteroatoms. The second-order valence-electron chi connectivity index (χ2n) is 5.58. The summed E-state index contributed by atoms with van der Waals surface area (Å²) in [5, 5.41) is 4.17. The lowest BCUT2D eigenvalue weighted by molar-refractivity contribution is 0.539. The zero-order valence-electron chi connectivity index (χ0n) is 12.4. The summed E-state index contributed by atoms with van der Waals surface area (Å²) in [6.07, 6.45) is 1.26. The molecule has 0 aliphatic rings. The van der Waals surface area contributed by atoms with Crippen LogP contribution in [0.5, 0.6) is 0 Å². The molecule has 0 aromatic heterocycles. The molecule has 102 valence electrons. The highest BCUT2D eigenvalue weighted by molar-refractivity contribution is 8.00. The van der Waals surface area contributed by atoms with E-state index in [0.717, 1.165) is 19.0 Å². The molecule has 1 unspecified atom stereocenters. The maximum absolute atomic E-state index is 3.55. The van der Waals surface area contributed by atoms with Crippen molar-refractivity contribution in [3.63, 3.8) is 0 Å². The van der Waals surface area contributed by atoms with Gasteiger partial charge < -0.3 is 5.32 Å². The third-order valence-electron chi connectivity index (χ3n) is 3.00. The van der Waals surface area contributed by atoms with Crippen molar-refractivity contribution in [2.24, 2.45) is 5.92 Å². The smallest absolute Gasteiger partial charge is 0.0191 e. The van der Waals surface area contributed by atoms with Gasteiger partial charge in [-0.2, -0.15) is 0 Å². The molecular formula is C16H27NS. The van der Waals surface area contributed by atoms with Gasteiger partial charge in [0, 0.05) is 16.7 Å². The molecule has 0 aliphatic heterocycles. The molecule has 0 fully saturated rings. The highest BCUT2D eigenvalue weighted by Gasteiger charge is 2.06. The largest absolute Gasteiger partial charge is 0.316 e. The summed E-state index contributed by atoms with van der Waals surface area (Å²) in [7, 11) is 0. The Kier molecular flexibility index (Phi) is 6.80. The first-order chi connectivity index (χ1) is 8.49. The van der Waals surface area contributed by atoms with E-state index in [1.807, 2.05) is 11.8 Å². The van der Waals surface area contributed by atoms with Gasteiger partial charge in [-0.1, -0.05) is 38.5 Å². The van der Waals surface area contributed by atoms with Crippen LogP contribution in [0.4, 0.5) is 0 Å². The molecule has 0 radical (unpaired) electrons. The van der Waals surface area contributed by atoms with Crippen LogP contribution < -0.4 is 5.32 Å². The summed E-state index contributed by atoms with van der Waals surface area (Å²) in [5.74, 6) is 0.791. The van der Waals surface area contributed by atoms with Crippen molar-refractivity contribution in [2.75, 3.05) is 13.1 Å². The summed E-state index contributed by atoms with van der Waals surface area (Å²) >= 11 is 1.98. The third-order valence-corrected chi connectivity index (χ3v) is 4.26. The van der Waals surface area contributed by atoms with Crippen molar-refractivity contribution < 1.29 is 0 Å². The molecule has 1 rings (SSSR count). The van der Waals surface area contributed by atoms with Crippen LogP contribution in [0, 0.1) is 19.8 Å². The number of benzene rings is 1. The Balaban J connectivity index is 2.35. The van der Waals surface area contributed by atoms with E-state index in [0.29, 0.717) is 5.25 Å². The maximum Gasteiger partial charge on any atom is 0.0191 e. The standard InChI is InChI=1S/C16H27NS/c1-12(2)8-9-17-11-15(5)18-16-10-13(3)6-7-14(16)4/h6-7,10,12,15,17H,8-9,11H2,1-5H3. The maximum atomic E-state index is 3.55. The summed E-state index contributed by atoms with van der Waals surface area (Å²) < 4.78 is 0. The van der Waals surface area contributed by atoms with Gasteiger partial charge in [0.2, 0.25) is 0 Å². The second-order valence-corrected chi connectivity index (χ2v) is 7.06. The van der Waals surface area contributed by atoms with Crippen LogP contribution in [0.2, 0.25) is 0 Å². The Morgan fingerprint density at radius 3 is 2.56 bits per heavy atom. The summed E-state index contributed by atoms with van der Waals surface area (Å²) in [5.41, 5.74) is 2.74. The van der Waals surface area contributed by atoms with Crippen LogP contribution in [-0.2, 0) is 0 Å². The highest BCUT2D eigenvalue weighted by Crippen LogP contribution is 2.27. The van der Waals surface area contributed by atoms with Gasteiger partial charge in [-0.3, -0.25) is 0 Å². The third kappa shape index (κ3) is 5.92. The molecule has 1 N–H and O–H groups in total. The minimum Gasteiger partial charge on any atom is -0.316 e. The van der Waals surface area contributed by atoms with E-state index in [2.05, 4.69) is 58.1 Å². The van der Waals surface area contributed by atoms with Gasteiger partial charge in [0.05, 0.1) is 0 Å². The molecule has 0 amide bonds. The molecule has 0 saturated carbocycles. The van der Waals surface area contributed by atoms with Crippen LogP contribution in [0.1, 0.15) is 38.3 Å². The van der Waals surface area contributed by atoms with Gasteiger partial charge in [0.1, 0.15) is 0 Å². The van der Waals surface area contributed by atoms with Gasteiger partial charge in [-0.05, 0) is 44.4 Å². The number of nitrogens with one attached hydrogen (secondary N) is 1. The van der Waals surface area contributed by atoms with E-state index < -0.39 is 0 Å². The molecule has 0 aliphatic carbocycles. The van der Waals surface area contributed by atoms with E-state index in [1.54, 1.807) is 0 Å². The van der Waals surface area contributed by atoms with Gasteiger partial charge in [-0.15, -0.1) is 11.8 Å². The molecule has 1 nitrogen and oxygen atoms in total. The first-order valence-electron chi connectivity index (χ1n) is 6.93. The molecule has 1 aromatic carbocycles. The molecule has 1 aromatic rings. The minimum absolute atomic E-state index is 0.623. The van der Waals surface area contributed by atoms with E-state index in [1.165, 1.54) is 22.4 Å². The first-order valence-corrected chi connectivity index (χ1v) is 7.81. The number of thioether (sulfide) groups is 1. The van der Waals surface area contributed by atoms with Gasteiger partial charge in [0.25, 0.3) is 0 Å². The molecule has 1 atom stereocenters. The van der Waals surface area contributed by atoms with Crippen molar-refractivity contribution in [1.82, 2.24) is 5.32 Å². The van der Waals surface area contributed by atoms with Crippen molar-refractivity contribution in [3.05, 3.63) is 29.3 Å². The fraction of sp³-hybridized carbons (Fsp3) is 0.625. The predicted molar refractivity (Wildman–Crippen MR) is 83.6 cm³/mol. The molecule has 0 spiro atoms. The van der Waals surface area contributed by atoms with Crippen LogP contribution in [0.25, 0.3) is 0 Å². The number of aryl methyl sites for hydroxylation is 2. The van der Waals surface area contributed by atoms with Gasteiger partial charge >= 0.3 is 0 Å². The van der Waals surface area contributed by atoms with E-state index in [9.17, 15) is 0 Å². The van der Waals surface area contributed by atoms with Crippen molar-refractivity contribution in [3.8, 4) is 0 Å². The Hall–Kier alpha value is -0.470. The van der Waals surface area contributed by atoms with Crippen LogP contribution in [0.3, 0.4) is 0 Å². The Morgan fingerprint density at radius 1 is 1.17 bits per heavy atom. The van der Waals surface area contributed by atoms with E-state index >= 15 is 0 Å². The lowest BCUT2D eigenvalue weighted by Gasteiger charge is -2.15. The lowest BCUT2D eigenvalue weighted by atomic mass is 10.1. The predicted octanol–water partition coefficient (Wildman–Crippen LogP) is 4.42. The van der Waals surface area contributed by atoms with Gasteiger partial charge in [-0.25, -0.2) is 0 Å². The zero-order chi connectivity index (χ0) is 13.5. The lowest BCUT2D eigenvalue weighted by Crippen LogP contribution is -2.24. The highest BCUT2D eigenvalue weighted by atomic mass is 32.2. The zero-order valence-corrected chi connectivity index (χ0v) is 13.2. The average Bonchev–Trinajstić information content (AvgIpc) is 2.29. The number of hydrogen-bond donors (Lipinski definition) is 1. The number of hydrogen-bond acceptors (Lipinski definition) is 2. The SMILES string of the molecule is Cc1ccc(C)c(SC(C)CNCCC(C)C)c1. The Bertz CT molecular complexity index is 360. The summed E-state index contributed by atoms with van der Waals surface area (Å²) in [6, 6.07) is 6.70. The second kappa shape index (κ2) is 7.85. The van der Waals surface area contributed by atoms with Crippen molar-refractivity contribution in [1.29, 1.82) is 0 Å². The Morgan fingerprint density at radius 2 is 1.89 bits per heavy atom. The Labute approximate surface area is 117 Å². The quantitative estimate of drug-likeness (QED) is 0.578. The topological polar surface area (TPSA) is 12.0 Å². The van der Waals surface area contributed by atoms with E-state index in [4.69, 9.17) is 0 Å². The fourth-order valence-corrected chi connectivity index (χ4v) is 2.93. The van der Waals surface area contributed by atoms with Crippen molar-refractivity contribution in [2.45, 2.75) is 51.2 Å². The van der Waals surface area contributed by atoms with Gasteiger partial charge in [0.15, 0.2) is 0 Å².